The van der Waals surface area contributed by atoms with Crippen LogP contribution in [0.15, 0.2) is 24.3 Å². The number of ether oxygens (including phenoxy) is 1. The second-order valence-corrected chi connectivity index (χ2v) is 12.1. The Morgan fingerprint density at radius 3 is 2.48 bits per heavy atom. The normalized spacial score (nSPS) is 17.4. The third-order valence-electron chi connectivity index (χ3n) is 7.09. The van der Waals surface area contributed by atoms with Crippen molar-refractivity contribution in [3.8, 4) is 5.75 Å². The van der Waals surface area contributed by atoms with Gasteiger partial charge in [0.2, 0.25) is 11.8 Å². The Balaban J connectivity index is 1.87. The molecule has 1 aromatic carbocycles. The number of hydrogen-bond acceptors (Lipinski definition) is 7. The highest BCUT2D eigenvalue weighted by molar-refractivity contribution is 7.46. The fraction of sp³-hybridized carbons (Fsp3) is 0.538. The largest absolute Gasteiger partial charge is 0.496 e. The highest BCUT2D eigenvalue weighted by atomic mass is 31.2. The molecule has 0 bridgehead atoms. The number of methoxy groups -OCH3 is 1. The molecule has 0 saturated carbocycles. The molecule has 40 heavy (non-hydrogen) atoms. The van der Waals surface area contributed by atoms with Gasteiger partial charge in [0.1, 0.15) is 24.1 Å². The zero-order valence-corrected chi connectivity index (χ0v) is 24.0. The summed E-state index contributed by atoms with van der Waals surface area (Å²) in [6.45, 7) is 6.38. The van der Waals surface area contributed by atoms with Gasteiger partial charge in [-0.2, -0.15) is 0 Å². The number of phosphoric acid groups is 1. The van der Waals surface area contributed by atoms with Gasteiger partial charge in [-0.3, -0.25) is 23.7 Å². The molecule has 0 spiro atoms. The molecule has 1 fully saturated rings. The Morgan fingerprint density at radius 1 is 1.20 bits per heavy atom. The van der Waals surface area contributed by atoms with Crippen LogP contribution >= 0.6 is 7.82 Å². The fourth-order valence-electron chi connectivity index (χ4n) is 5.03. The molecule has 1 aliphatic heterocycles. The number of aromatic nitrogens is 1. The molecule has 2 aromatic rings. The fourth-order valence-corrected chi connectivity index (χ4v) is 5.32. The van der Waals surface area contributed by atoms with Crippen LogP contribution in [0, 0.1) is 17.3 Å². The van der Waals surface area contributed by atoms with E-state index in [1.807, 2.05) is 13.8 Å². The van der Waals surface area contributed by atoms with Gasteiger partial charge < -0.3 is 35.5 Å². The van der Waals surface area contributed by atoms with Gasteiger partial charge in [-0.15, -0.1) is 0 Å². The van der Waals surface area contributed by atoms with E-state index in [1.54, 1.807) is 38.1 Å². The molecule has 0 unspecified atom stereocenters. The molecule has 6 N–H and O–H groups in total. The van der Waals surface area contributed by atoms with E-state index < -0.39 is 55.4 Å². The van der Waals surface area contributed by atoms with Gasteiger partial charge in [0.05, 0.1) is 13.2 Å². The molecule has 3 rings (SSSR count). The molecular formula is C26H37N4O9P. The summed E-state index contributed by atoms with van der Waals surface area (Å²) in [5.41, 5.74) is -0.278. The van der Waals surface area contributed by atoms with E-state index >= 15 is 0 Å². The zero-order chi connectivity index (χ0) is 29.8. The maximum absolute atomic E-state index is 13.6. The maximum atomic E-state index is 13.6. The molecule has 1 aromatic heterocycles. The van der Waals surface area contributed by atoms with Gasteiger partial charge in [0.25, 0.3) is 5.91 Å². The van der Waals surface area contributed by atoms with E-state index in [2.05, 4.69) is 25.5 Å². The van der Waals surface area contributed by atoms with E-state index in [0.717, 1.165) is 0 Å². The Hall–Kier alpha value is -3.25. The lowest BCUT2D eigenvalue weighted by Crippen LogP contribution is -2.59. The van der Waals surface area contributed by atoms with Gasteiger partial charge in [-0.05, 0) is 37.0 Å². The number of carbonyl (C=O) groups is 4. The summed E-state index contributed by atoms with van der Waals surface area (Å²) in [5, 5.41) is 8.77. The lowest BCUT2D eigenvalue weighted by Gasteiger charge is -2.38. The topological polar surface area (TPSA) is 196 Å². The summed E-state index contributed by atoms with van der Waals surface area (Å²) in [6.07, 6.45) is 0.631. The van der Waals surface area contributed by atoms with E-state index in [1.165, 1.54) is 7.11 Å². The molecule has 13 nitrogen and oxygen atoms in total. The summed E-state index contributed by atoms with van der Waals surface area (Å²) in [6, 6.07) is 4.52. The highest BCUT2D eigenvalue weighted by Crippen LogP contribution is 2.39. The number of ketones is 1. The molecule has 0 aliphatic carbocycles. The summed E-state index contributed by atoms with van der Waals surface area (Å²) < 4.78 is 21.0. The minimum atomic E-state index is -4.98. The van der Waals surface area contributed by atoms with E-state index in [4.69, 9.17) is 14.5 Å². The van der Waals surface area contributed by atoms with Gasteiger partial charge >= 0.3 is 7.82 Å². The maximum Gasteiger partial charge on any atom is 0.470 e. The lowest BCUT2D eigenvalue weighted by atomic mass is 9.70. The molecule has 220 valence electrons. The van der Waals surface area contributed by atoms with Crippen molar-refractivity contribution in [2.24, 2.45) is 17.3 Å². The van der Waals surface area contributed by atoms with Crippen LogP contribution in [0.3, 0.4) is 0 Å². The first-order valence-corrected chi connectivity index (χ1v) is 14.4. The first-order chi connectivity index (χ1) is 18.6. The van der Waals surface area contributed by atoms with Gasteiger partial charge in [-0.25, -0.2) is 4.57 Å². The van der Waals surface area contributed by atoms with Crippen molar-refractivity contribution in [3.05, 3.63) is 30.0 Å². The first kappa shape index (κ1) is 31.3. The Labute approximate surface area is 232 Å². The Morgan fingerprint density at radius 2 is 1.90 bits per heavy atom. The predicted molar refractivity (Wildman–Crippen MR) is 145 cm³/mol. The number of hydrogen-bond donors (Lipinski definition) is 6. The third-order valence-corrected chi connectivity index (χ3v) is 7.56. The molecule has 3 atom stereocenters. The molecular weight excluding hydrogens is 543 g/mol. The van der Waals surface area contributed by atoms with Gasteiger partial charge in [0, 0.05) is 28.8 Å². The van der Waals surface area contributed by atoms with Crippen molar-refractivity contribution >= 4 is 42.2 Å². The number of nitrogens with one attached hydrogen (secondary N) is 4. The van der Waals surface area contributed by atoms with Crippen molar-refractivity contribution in [2.75, 3.05) is 20.3 Å². The number of carbonyl (C=O) groups excluding carboxylic acids is 4. The highest BCUT2D eigenvalue weighted by Gasteiger charge is 2.47. The molecule has 0 radical (unpaired) electrons. The quantitative estimate of drug-likeness (QED) is 0.191. The Bertz CT molecular complexity index is 1320. The summed E-state index contributed by atoms with van der Waals surface area (Å²) in [4.78, 5) is 73.6. The minimum Gasteiger partial charge on any atom is -0.496 e. The number of aromatic amines is 1. The summed E-state index contributed by atoms with van der Waals surface area (Å²) >= 11 is 0. The number of benzene rings is 1. The number of rotatable bonds is 13. The van der Waals surface area contributed by atoms with Crippen molar-refractivity contribution in [3.63, 3.8) is 0 Å². The number of phosphoric ester groups is 1. The van der Waals surface area contributed by atoms with Crippen molar-refractivity contribution in [1.82, 2.24) is 20.9 Å². The van der Waals surface area contributed by atoms with Crippen molar-refractivity contribution in [2.45, 2.75) is 52.6 Å². The predicted octanol–water partition coefficient (Wildman–Crippen LogP) is 1.65. The number of Topliss-reactive ketones (excluding diaryl/α,β-unsaturated/α-hetero) is 1. The standard InChI is InChI=1S/C26H37N4O9P/c1-14(2)11-18(29-24(33)19-12-15-17(28-19)7-6-8-21(15)38-5)25(34)30-22(20(31)13-39-40(35,36)37)26(3,4)16-9-10-27-23(16)32/h6-8,12,14,16,18,22,28H,9-11,13H2,1-5H3,(H,27,32)(H,29,33)(H,30,34)(H2,35,36,37)/t16-,18+,22-/m1/s1. The SMILES string of the molecule is COc1cccc2[nH]c(C(=O)N[C@@H](CC(C)C)C(=O)N[C@H](C(=O)COP(=O)(O)O)C(C)(C)[C@@H]3CCNC3=O)cc12. The summed E-state index contributed by atoms with van der Waals surface area (Å²) in [5.74, 6) is -2.47. The van der Waals surface area contributed by atoms with Gasteiger partial charge in [-0.1, -0.05) is 33.8 Å². The first-order valence-electron chi connectivity index (χ1n) is 12.9. The van der Waals surface area contributed by atoms with E-state index in [9.17, 15) is 23.7 Å². The van der Waals surface area contributed by atoms with Gasteiger partial charge in [0.15, 0.2) is 5.78 Å². The van der Waals surface area contributed by atoms with Crippen LogP contribution in [0.2, 0.25) is 0 Å². The second kappa shape index (κ2) is 12.5. The lowest BCUT2D eigenvalue weighted by molar-refractivity contribution is -0.136. The van der Waals surface area contributed by atoms with E-state index in [-0.39, 0.29) is 23.9 Å². The van der Waals surface area contributed by atoms with Crippen molar-refractivity contribution < 1.29 is 42.8 Å². The molecule has 14 heteroatoms. The van der Waals surface area contributed by atoms with Crippen LogP contribution in [0.4, 0.5) is 0 Å². The molecule has 1 saturated heterocycles. The van der Waals surface area contributed by atoms with Crippen LogP contribution in [0.5, 0.6) is 5.75 Å². The zero-order valence-electron chi connectivity index (χ0n) is 23.1. The van der Waals surface area contributed by atoms with Crippen LogP contribution in [-0.2, 0) is 23.5 Å². The molecule has 2 heterocycles. The Kier molecular flexibility index (Phi) is 9.78. The van der Waals surface area contributed by atoms with E-state index in [0.29, 0.717) is 29.6 Å². The average molecular weight is 581 g/mol. The monoisotopic (exact) mass is 580 g/mol. The number of H-pyrrole nitrogens is 1. The summed E-state index contributed by atoms with van der Waals surface area (Å²) in [7, 11) is -3.46. The minimum absolute atomic E-state index is 0.0281. The molecule has 3 amide bonds. The molecule has 1 aliphatic rings. The van der Waals surface area contributed by atoms with Crippen LogP contribution in [-0.4, -0.2) is 70.6 Å². The second-order valence-electron chi connectivity index (χ2n) is 10.9. The van der Waals surface area contributed by atoms with Crippen LogP contribution < -0.4 is 20.7 Å². The third kappa shape index (κ3) is 7.48. The van der Waals surface area contributed by atoms with Crippen LogP contribution in [0.1, 0.15) is 51.0 Å². The van der Waals surface area contributed by atoms with Crippen LogP contribution in [0.25, 0.3) is 10.9 Å². The average Bonchev–Trinajstić information content (AvgIpc) is 3.51. The van der Waals surface area contributed by atoms with Crippen molar-refractivity contribution in [1.29, 1.82) is 0 Å². The number of fused-ring (bicyclic) bond motifs is 1. The number of amides is 3. The smallest absolute Gasteiger partial charge is 0.470 e.